The van der Waals surface area contributed by atoms with Crippen molar-refractivity contribution in [1.82, 2.24) is 0 Å². The molecule has 1 fully saturated rings. The highest BCUT2D eigenvalue weighted by atomic mass is 14.6. The van der Waals surface area contributed by atoms with Crippen LogP contribution in [0.2, 0.25) is 0 Å². The van der Waals surface area contributed by atoms with Gasteiger partial charge in [0.15, 0.2) is 0 Å². The number of hydrogen-bond donors (Lipinski definition) is 0. The SMILES string of the molecule is CC1CC1.CN=Cc1cc(C)ccc1C. The Bertz CT molecular complexity index is 335. The summed E-state index contributed by atoms with van der Waals surface area (Å²) < 4.78 is 0. The lowest BCUT2D eigenvalue weighted by Crippen LogP contribution is -1.87. The number of aryl methyl sites for hydroxylation is 2. The van der Waals surface area contributed by atoms with Gasteiger partial charge in [-0.3, -0.25) is 4.99 Å². The van der Waals surface area contributed by atoms with Crippen LogP contribution >= 0.6 is 0 Å². The van der Waals surface area contributed by atoms with Gasteiger partial charge in [0.05, 0.1) is 0 Å². The normalized spacial score (nSPS) is 14.9. The van der Waals surface area contributed by atoms with Crippen LogP contribution in [0.1, 0.15) is 36.5 Å². The molecule has 1 aromatic carbocycles. The predicted octanol–water partition coefficient (Wildman–Crippen LogP) is 3.77. The molecule has 0 bridgehead atoms. The van der Waals surface area contributed by atoms with E-state index in [0.717, 1.165) is 5.92 Å². The Morgan fingerprint density at radius 3 is 2.33 bits per heavy atom. The van der Waals surface area contributed by atoms with Gasteiger partial charge in [0.25, 0.3) is 0 Å². The van der Waals surface area contributed by atoms with Crippen molar-refractivity contribution in [3.8, 4) is 0 Å². The second-order valence-corrected chi connectivity index (χ2v) is 4.43. The average molecular weight is 203 g/mol. The zero-order valence-electron chi connectivity index (χ0n) is 10.2. The van der Waals surface area contributed by atoms with Gasteiger partial charge in [-0.2, -0.15) is 0 Å². The van der Waals surface area contributed by atoms with E-state index in [9.17, 15) is 0 Å². The van der Waals surface area contributed by atoms with Crippen LogP contribution in [-0.2, 0) is 0 Å². The molecule has 0 unspecified atom stereocenters. The highest BCUT2D eigenvalue weighted by molar-refractivity contribution is 5.81. The Kier molecular flexibility index (Phi) is 4.54. The van der Waals surface area contributed by atoms with Crippen molar-refractivity contribution in [3.63, 3.8) is 0 Å². The summed E-state index contributed by atoms with van der Waals surface area (Å²) in [7, 11) is 1.79. The molecule has 1 aliphatic rings. The topological polar surface area (TPSA) is 12.4 Å². The van der Waals surface area contributed by atoms with Crippen molar-refractivity contribution < 1.29 is 0 Å². The van der Waals surface area contributed by atoms with E-state index in [0.29, 0.717) is 0 Å². The van der Waals surface area contributed by atoms with E-state index in [1.165, 1.54) is 29.5 Å². The van der Waals surface area contributed by atoms with Gasteiger partial charge < -0.3 is 0 Å². The highest BCUT2D eigenvalue weighted by Crippen LogP contribution is 2.26. The third-order valence-corrected chi connectivity index (χ3v) is 2.57. The fourth-order valence-electron chi connectivity index (χ4n) is 1.20. The summed E-state index contributed by atoms with van der Waals surface area (Å²) in [5.41, 5.74) is 3.78. The van der Waals surface area contributed by atoms with Crippen molar-refractivity contribution in [2.24, 2.45) is 10.9 Å². The molecule has 0 amide bonds. The first kappa shape index (κ1) is 12.0. The number of hydrogen-bond acceptors (Lipinski definition) is 1. The largest absolute Gasteiger partial charge is 0.296 e. The first-order chi connectivity index (χ1) is 7.13. The zero-order chi connectivity index (χ0) is 11.3. The Labute approximate surface area is 93.2 Å². The quantitative estimate of drug-likeness (QED) is 0.616. The molecule has 2 rings (SSSR count). The summed E-state index contributed by atoms with van der Waals surface area (Å²) in [6.07, 6.45) is 4.86. The van der Waals surface area contributed by atoms with Gasteiger partial charge in [0, 0.05) is 13.3 Å². The molecular weight excluding hydrogens is 182 g/mol. The van der Waals surface area contributed by atoms with Crippen LogP contribution in [0.15, 0.2) is 23.2 Å². The molecule has 82 valence electrons. The number of rotatable bonds is 1. The monoisotopic (exact) mass is 203 g/mol. The van der Waals surface area contributed by atoms with Crippen molar-refractivity contribution in [1.29, 1.82) is 0 Å². The minimum atomic E-state index is 1.08. The lowest BCUT2D eigenvalue weighted by atomic mass is 10.1. The molecule has 1 aliphatic carbocycles. The molecule has 15 heavy (non-hydrogen) atoms. The van der Waals surface area contributed by atoms with E-state index in [2.05, 4.69) is 44.0 Å². The summed E-state index contributed by atoms with van der Waals surface area (Å²) in [5.74, 6) is 1.08. The maximum Gasteiger partial charge on any atom is 0.0284 e. The Morgan fingerprint density at radius 2 is 1.87 bits per heavy atom. The molecule has 1 saturated carbocycles. The van der Waals surface area contributed by atoms with Gasteiger partial charge >= 0.3 is 0 Å². The first-order valence-corrected chi connectivity index (χ1v) is 5.63. The second kappa shape index (κ2) is 5.69. The summed E-state index contributed by atoms with van der Waals surface area (Å²) in [4.78, 5) is 3.98. The fourth-order valence-corrected chi connectivity index (χ4v) is 1.20. The van der Waals surface area contributed by atoms with Crippen LogP contribution in [0.4, 0.5) is 0 Å². The maximum atomic E-state index is 3.98. The van der Waals surface area contributed by atoms with E-state index in [1.54, 1.807) is 7.05 Å². The lowest BCUT2D eigenvalue weighted by Gasteiger charge is -1.99. The first-order valence-electron chi connectivity index (χ1n) is 5.63. The molecular formula is C14H21N. The van der Waals surface area contributed by atoms with Gasteiger partial charge in [-0.15, -0.1) is 0 Å². The van der Waals surface area contributed by atoms with Gasteiger partial charge in [0.2, 0.25) is 0 Å². The summed E-state index contributed by atoms with van der Waals surface area (Å²) >= 11 is 0. The van der Waals surface area contributed by atoms with E-state index >= 15 is 0 Å². The summed E-state index contributed by atoms with van der Waals surface area (Å²) in [6, 6.07) is 6.37. The van der Waals surface area contributed by atoms with Crippen molar-refractivity contribution >= 4 is 6.21 Å². The van der Waals surface area contributed by atoms with E-state index in [1.807, 2.05) is 6.21 Å². The molecule has 0 radical (unpaired) electrons. The van der Waals surface area contributed by atoms with Gasteiger partial charge in [-0.1, -0.05) is 43.5 Å². The minimum Gasteiger partial charge on any atom is -0.296 e. The second-order valence-electron chi connectivity index (χ2n) is 4.43. The molecule has 0 saturated heterocycles. The Balaban J connectivity index is 0.000000234. The van der Waals surface area contributed by atoms with Gasteiger partial charge in [-0.05, 0) is 30.9 Å². The molecule has 0 atom stereocenters. The zero-order valence-corrected chi connectivity index (χ0v) is 10.2. The van der Waals surface area contributed by atoms with E-state index in [-0.39, 0.29) is 0 Å². The van der Waals surface area contributed by atoms with Crippen LogP contribution in [0.5, 0.6) is 0 Å². The Hall–Kier alpha value is -1.11. The predicted molar refractivity (Wildman–Crippen MR) is 67.8 cm³/mol. The summed E-state index contributed by atoms with van der Waals surface area (Å²) in [5, 5.41) is 0. The van der Waals surface area contributed by atoms with Crippen molar-refractivity contribution in [2.75, 3.05) is 7.05 Å². The van der Waals surface area contributed by atoms with Crippen molar-refractivity contribution in [3.05, 3.63) is 34.9 Å². The molecule has 0 spiro atoms. The lowest BCUT2D eigenvalue weighted by molar-refractivity contribution is 0.983. The van der Waals surface area contributed by atoms with Gasteiger partial charge in [0.1, 0.15) is 0 Å². The Morgan fingerprint density at radius 1 is 1.27 bits per heavy atom. The van der Waals surface area contributed by atoms with Crippen LogP contribution in [0.25, 0.3) is 0 Å². The molecule has 0 aromatic heterocycles. The standard InChI is InChI=1S/C10H13N.C4H8/c1-8-4-5-9(2)10(6-8)7-11-3;1-4-2-3-4/h4-7H,1-3H3;4H,2-3H2,1H3. The fraction of sp³-hybridized carbons (Fsp3) is 0.500. The van der Waals surface area contributed by atoms with Crippen LogP contribution < -0.4 is 0 Å². The third kappa shape index (κ3) is 4.78. The number of aliphatic imine (C=N–C) groups is 1. The molecule has 0 heterocycles. The molecule has 1 heteroatoms. The molecule has 0 N–H and O–H groups in total. The highest BCUT2D eigenvalue weighted by Gasteiger charge is 2.12. The van der Waals surface area contributed by atoms with E-state index < -0.39 is 0 Å². The number of nitrogens with zero attached hydrogens (tertiary/aromatic N) is 1. The van der Waals surface area contributed by atoms with Crippen LogP contribution in [0, 0.1) is 19.8 Å². The molecule has 0 aliphatic heterocycles. The van der Waals surface area contributed by atoms with Crippen molar-refractivity contribution in [2.45, 2.75) is 33.6 Å². The minimum absolute atomic E-state index is 1.08. The maximum absolute atomic E-state index is 3.98. The van der Waals surface area contributed by atoms with Gasteiger partial charge in [-0.25, -0.2) is 0 Å². The molecule has 1 nitrogen and oxygen atoms in total. The average Bonchev–Trinajstić information content (AvgIpc) is 2.96. The van der Waals surface area contributed by atoms with Crippen LogP contribution in [0.3, 0.4) is 0 Å². The number of benzene rings is 1. The van der Waals surface area contributed by atoms with Crippen LogP contribution in [-0.4, -0.2) is 13.3 Å². The smallest absolute Gasteiger partial charge is 0.0284 e. The third-order valence-electron chi connectivity index (χ3n) is 2.57. The molecule has 1 aromatic rings. The summed E-state index contributed by atoms with van der Waals surface area (Å²) in [6.45, 7) is 6.46. The van der Waals surface area contributed by atoms with E-state index in [4.69, 9.17) is 0 Å².